The molecule has 0 aromatic carbocycles. The van der Waals surface area contributed by atoms with E-state index in [-0.39, 0.29) is 12.6 Å². The zero-order valence-corrected chi connectivity index (χ0v) is 9.63. The highest BCUT2D eigenvalue weighted by Gasteiger charge is 2.39. The second kappa shape index (κ2) is 4.56. The van der Waals surface area contributed by atoms with Gasteiger partial charge >= 0.3 is 0 Å². The summed E-state index contributed by atoms with van der Waals surface area (Å²) in [5.74, 6) is 0.635. The van der Waals surface area contributed by atoms with E-state index in [2.05, 4.69) is 9.97 Å². The highest BCUT2D eigenvalue weighted by atomic mass is 19.1. The predicted octanol–water partition coefficient (Wildman–Crippen LogP) is 1.57. The summed E-state index contributed by atoms with van der Waals surface area (Å²) in [5.41, 5.74) is 0. The van der Waals surface area contributed by atoms with Crippen molar-refractivity contribution in [2.45, 2.75) is 37.5 Å². The average molecular weight is 237 g/mol. The van der Waals surface area contributed by atoms with Crippen molar-refractivity contribution in [2.75, 3.05) is 18.1 Å². The van der Waals surface area contributed by atoms with Gasteiger partial charge < -0.3 is 9.64 Å². The molecule has 3 rings (SSSR count). The van der Waals surface area contributed by atoms with Gasteiger partial charge in [0.25, 0.3) is 0 Å². The van der Waals surface area contributed by atoms with E-state index in [0.29, 0.717) is 18.6 Å². The number of alkyl halides is 1. The molecule has 0 amide bonds. The lowest BCUT2D eigenvalue weighted by Gasteiger charge is -2.41. The van der Waals surface area contributed by atoms with E-state index in [4.69, 9.17) is 4.74 Å². The molecular formula is C12H16FN3O. The highest BCUT2D eigenvalue weighted by molar-refractivity contribution is 5.35. The molecule has 4 nitrogen and oxygen atoms in total. The summed E-state index contributed by atoms with van der Waals surface area (Å²) in [6.45, 7) is 0.636. The number of hydrogen-bond acceptors (Lipinski definition) is 4. The summed E-state index contributed by atoms with van der Waals surface area (Å²) in [4.78, 5) is 10.5. The molecule has 1 aliphatic carbocycles. The SMILES string of the molecule is FC1COCC1N(c1ncccn1)C1CCC1. The van der Waals surface area contributed by atoms with Gasteiger partial charge in [-0.05, 0) is 25.3 Å². The largest absolute Gasteiger partial charge is 0.376 e. The zero-order chi connectivity index (χ0) is 11.7. The average Bonchev–Trinajstić information content (AvgIpc) is 2.71. The predicted molar refractivity (Wildman–Crippen MR) is 61.7 cm³/mol. The fraction of sp³-hybridized carbons (Fsp3) is 0.667. The Hall–Kier alpha value is -1.23. The molecule has 5 heteroatoms. The number of anilines is 1. The minimum absolute atomic E-state index is 0.195. The van der Waals surface area contributed by atoms with E-state index in [1.54, 1.807) is 18.5 Å². The van der Waals surface area contributed by atoms with Crippen molar-refractivity contribution in [3.8, 4) is 0 Å². The van der Waals surface area contributed by atoms with Crippen LogP contribution in [-0.4, -0.2) is 41.4 Å². The minimum atomic E-state index is -0.931. The Bertz CT molecular complexity index is 371. The molecule has 1 aromatic heterocycles. The van der Waals surface area contributed by atoms with Crippen molar-refractivity contribution in [3.05, 3.63) is 18.5 Å². The van der Waals surface area contributed by atoms with Crippen LogP contribution in [0.1, 0.15) is 19.3 Å². The minimum Gasteiger partial charge on any atom is -0.376 e. The molecule has 1 saturated heterocycles. The molecule has 0 radical (unpaired) electrons. The van der Waals surface area contributed by atoms with Gasteiger partial charge in [-0.3, -0.25) is 0 Å². The van der Waals surface area contributed by atoms with Gasteiger partial charge in [-0.25, -0.2) is 14.4 Å². The highest BCUT2D eigenvalue weighted by Crippen LogP contribution is 2.32. The molecule has 1 aromatic rings. The molecule has 2 atom stereocenters. The number of rotatable bonds is 3. The van der Waals surface area contributed by atoms with Crippen molar-refractivity contribution < 1.29 is 9.13 Å². The molecule has 0 bridgehead atoms. The molecule has 1 saturated carbocycles. The van der Waals surface area contributed by atoms with E-state index < -0.39 is 6.17 Å². The maximum Gasteiger partial charge on any atom is 0.225 e. The Morgan fingerprint density at radius 1 is 1.24 bits per heavy atom. The topological polar surface area (TPSA) is 38.2 Å². The van der Waals surface area contributed by atoms with Crippen molar-refractivity contribution in [3.63, 3.8) is 0 Å². The van der Waals surface area contributed by atoms with E-state index in [0.717, 1.165) is 12.8 Å². The lowest BCUT2D eigenvalue weighted by atomic mass is 9.90. The Labute approximate surface area is 99.8 Å². The Kier molecular flexibility index (Phi) is 2.93. The molecule has 2 aliphatic rings. The number of halogens is 1. The van der Waals surface area contributed by atoms with Crippen LogP contribution in [0.5, 0.6) is 0 Å². The molecule has 1 aliphatic heterocycles. The van der Waals surface area contributed by atoms with E-state index in [1.165, 1.54) is 6.42 Å². The summed E-state index contributed by atoms with van der Waals surface area (Å²) < 4.78 is 19.0. The van der Waals surface area contributed by atoms with Crippen LogP contribution in [0.3, 0.4) is 0 Å². The van der Waals surface area contributed by atoms with Crippen LogP contribution in [-0.2, 0) is 4.74 Å². The Morgan fingerprint density at radius 3 is 2.53 bits per heavy atom. The van der Waals surface area contributed by atoms with Crippen LogP contribution in [0.2, 0.25) is 0 Å². The summed E-state index contributed by atoms with van der Waals surface area (Å²) >= 11 is 0. The molecule has 2 unspecified atom stereocenters. The van der Waals surface area contributed by atoms with E-state index in [1.807, 2.05) is 4.90 Å². The van der Waals surface area contributed by atoms with Crippen molar-refractivity contribution in [2.24, 2.45) is 0 Å². The molecule has 92 valence electrons. The molecule has 2 fully saturated rings. The lowest BCUT2D eigenvalue weighted by Crippen LogP contribution is -2.51. The van der Waals surface area contributed by atoms with Crippen LogP contribution in [0.15, 0.2) is 18.5 Å². The second-order valence-corrected chi connectivity index (χ2v) is 4.66. The third-order valence-corrected chi connectivity index (χ3v) is 3.59. The number of aromatic nitrogens is 2. The fourth-order valence-electron chi connectivity index (χ4n) is 2.44. The second-order valence-electron chi connectivity index (χ2n) is 4.66. The van der Waals surface area contributed by atoms with Gasteiger partial charge in [-0.1, -0.05) is 0 Å². The van der Waals surface area contributed by atoms with Gasteiger partial charge in [0.1, 0.15) is 6.17 Å². The quantitative estimate of drug-likeness (QED) is 0.800. The monoisotopic (exact) mass is 237 g/mol. The van der Waals surface area contributed by atoms with Crippen LogP contribution in [0, 0.1) is 0 Å². The van der Waals surface area contributed by atoms with Crippen LogP contribution < -0.4 is 4.90 Å². The number of ether oxygens (including phenoxy) is 1. The van der Waals surface area contributed by atoms with Gasteiger partial charge in [0.05, 0.1) is 19.3 Å². The van der Waals surface area contributed by atoms with Gasteiger partial charge in [0, 0.05) is 18.4 Å². The van der Waals surface area contributed by atoms with Crippen molar-refractivity contribution in [1.29, 1.82) is 0 Å². The van der Waals surface area contributed by atoms with Crippen LogP contribution in [0.4, 0.5) is 10.3 Å². The summed E-state index contributed by atoms with van der Waals surface area (Å²) in [6.07, 6.45) is 5.88. The standard InChI is InChI=1S/C12H16FN3O/c13-10-7-17-8-11(10)16(9-3-1-4-9)12-14-5-2-6-15-12/h2,5-6,9-11H,1,3-4,7-8H2. The van der Waals surface area contributed by atoms with Crippen LogP contribution in [0.25, 0.3) is 0 Å². The smallest absolute Gasteiger partial charge is 0.225 e. The first-order valence-electron chi connectivity index (χ1n) is 6.13. The Balaban J connectivity index is 1.86. The molecular weight excluding hydrogens is 221 g/mol. The van der Waals surface area contributed by atoms with E-state index in [9.17, 15) is 4.39 Å². The normalized spacial score (nSPS) is 29.0. The van der Waals surface area contributed by atoms with Crippen LogP contribution >= 0.6 is 0 Å². The number of hydrogen-bond donors (Lipinski definition) is 0. The maximum absolute atomic E-state index is 13.8. The molecule has 0 spiro atoms. The first-order chi connectivity index (χ1) is 8.36. The lowest BCUT2D eigenvalue weighted by molar-refractivity contribution is 0.172. The summed E-state index contributed by atoms with van der Waals surface area (Å²) in [6, 6.07) is 1.94. The van der Waals surface area contributed by atoms with Crippen molar-refractivity contribution >= 4 is 5.95 Å². The third kappa shape index (κ3) is 1.99. The van der Waals surface area contributed by atoms with Gasteiger partial charge in [-0.2, -0.15) is 0 Å². The third-order valence-electron chi connectivity index (χ3n) is 3.59. The van der Waals surface area contributed by atoms with Gasteiger partial charge in [0.2, 0.25) is 5.95 Å². The first-order valence-corrected chi connectivity index (χ1v) is 6.13. The molecule has 17 heavy (non-hydrogen) atoms. The van der Waals surface area contributed by atoms with Gasteiger partial charge in [0.15, 0.2) is 0 Å². The maximum atomic E-state index is 13.8. The Morgan fingerprint density at radius 2 is 2.00 bits per heavy atom. The zero-order valence-electron chi connectivity index (χ0n) is 9.63. The summed E-state index contributed by atoms with van der Waals surface area (Å²) in [5, 5.41) is 0. The molecule has 2 heterocycles. The fourth-order valence-corrected chi connectivity index (χ4v) is 2.44. The first kappa shape index (κ1) is 10.9. The number of nitrogens with zero attached hydrogens (tertiary/aromatic N) is 3. The van der Waals surface area contributed by atoms with E-state index >= 15 is 0 Å². The van der Waals surface area contributed by atoms with Gasteiger partial charge in [-0.15, -0.1) is 0 Å². The summed E-state index contributed by atoms with van der Waals surface area (Å²) in [7, 11) is 0. The van der Waals surface area contributed by atoms with Crippen molar-refractivity contribution in [1.82, 2.24) is 9.97 Å². The molecule has 0 N–H and O–H groups in total.